The Kier molecular flexibility index (Phi) is 5.48. The third kappa shape index (κ3) is 6.21. The zero-order valence-corrected chi connectivity index (χ0v) is 10.5. The molecule has 0 atom stereocenters. The average Bonchev–Trinajstić information content (AvgIpc) is 2.09. The summed E-state index contributed by atoms with van der Waals surface area (Å²) in [4.78, 5) is 22.8. The van der Waals surface area contributed by atoms with E-state index in [0.29, 0.717) is 12.8 Å². The third-order valence-corrected chi connectivity index (χ3v) is 2.27. The van der Waals surface area contributed by atoms with E-state index in [4.69, 9.17) is 0 Å². The van der Waals surface area contributed by atoms with Gasteiger partial charge < -0.3 is 0 Å². The molecule has 0 bridgehead atoms. The standard InChI is InChI=1S/C13H22O2/c1-10(2)11(14)8-6-7-9-12(15)13(3,4)5/h6-7,10H,8-9H2,1-5H3/b7-6+. The van der Waals surface area contributed by atoms with Crippen molar-refractivity contribution < 1.29 is 9.59 Å². The summed E-state index contributed by atoms with van der Waals surface area (Å²) < 4.78 is 0. The summed E-state index contributed by atoms with van der Waals surface area (Å²) >= 11 is 0. The number of carbonyl (C=O) groups excluding carboxylic acids is 2. The topological polar surface area (TPSA) is 34.1 Å². The Labute approximate surface area is 92.8 Å². The molecule has 0 saturated carbocycles. The minimum Gasteiger partial charge on any atom is -0.299 e. The van der Waals surface area contributed by atoms with Gasteiger partial charge in [-0.2, -0.15) is 0 Å². The monoisotopic (exact) mass is 210 g/mol. The number of Topliss-reactive ketones (excluding diaryl/α,β-unsaturated/α-hetero) is 2. The van der Waals surface area contributed by atoms with Gasteiger partial charge in [0.25, 0.3) is 0 Å². The number of rotatable bonds is 5. The highest BCUT2D eigenvalue weighted by Crippen LogP contribution is 2.16. The molecular formula is C13H22O2. The van der Waals surface area contributed by atoms with Crippen LogP contribution in [-0.4, -0.2) is 11.6 Å². The van der Waals surface area contributed by atoms with Crippen molar-refractivity contribution in [3.05, 3.63) is 12.2 Å². The number of ketones is 2. The molecule has 0 aliphatic carbocycles. The van der Waals surface area contributed by atoms with Crippen molar-refractivity contribution in [2.45, 2.75) is 47.5 Å². The zero-order chi connectivity index (χ0) is 12.1. The molecule has 2 heteroatoms. The maximum absolute atomic E-state index is 11.5. The van der Waals surface area contributed by atoms with Crippen LogP contribution in [0, 0.1) is 11.3 Å². The predicted molar refractivity (Wildman–Crippen MR) is 62.7 cm³/mol. The lowest BCUT2D eigenvalue weighted by atomic mass is 9.89. The number of hydrogen-bond donors (Lipinski definition) is 0. The van der Waals surface area contributed by atoms with E-state index in [1.165, 1.54) is 0 Å². The fraction of sp³-hybridized carbons (Fsp3) is 0.692. The van der Waals surface area contributed by atoms with Crippen LogP contribution >= 0.6 is 0 Å². The van der Waals surface area contributed by atoms with Crippen LogP contribution in [0.15, 0.2) is 12.2 Å². The van der Waals surface area contributed by atoms with Crippen LogP contribution in [0.1, 0.15) is 47.5 Å². The summed E-state index contributed by atoms with van der Waals surface area (Å²) in [5.41, 5.74) is -0.285. The molecule has 0 radical (unpaired) electrons. The highest BCUT2D eigenvalue weighted by Gasteiger charge is 2.19. The van der Waals surface area contributed by atoms with Gasteiger partial charge in [0, 0.05) is 24.2 Å². The first-order valence-corrected chi connectivity index (χ1v) is 5.46. The largest absolute Gasteiger partial charge is 0.299 e. The number of carbonyl (C=O) groups is 2. The molecular weight excluding hydrogens is 188 g/mol. The quantitative estimate of drug-likeness (QED) is 0.653. The van der Waals surface area contributed by atoms with E-state index in [0.717, 1.165) is 0 Å². The summed E-state index contributed by atoms with van der Waals surface area (Å²) in [6.45, 7) is 9.49. The Bertz CT molecular complexity index is 254. The first-order chi connectivity index (χ1) is 6.75. The van der Waals surface area contributed by atoms with Crippen LogP contribution in [0.4, 0.5) is 0 Å². The molecule has 0 fully saturated rings. The summed E-state index contributed by atoms with van der Waals surface area (Å²) in [5.74, 6) is 0.498. The van der Waals surface area contributed by atoms with Gasteiger partial charge in [0.05, 0.1) is 0 Å². The molecule has 0 heterocycles. The lowest BCUT2D eigenvalue weighted by Crippen LogP contribution is -2.18. The molecule has 0 aliphatic heterocycles. The molecule has 0 saturated heterocycles. The van der Waals surface area contributed by atoms with Crippen molar-refractivity contribution in [1.82, 2.24) is 0 Å². The summed E-state index contributed by atoms with van der Waals surface area (Å²) in [7, 11) is 0. The zero-order valence-electron chi connectivity index (χ0n) is 10.5. The van der Waals surface area contributed by atoms with Crippen molar-refractivity contribution in [3.63, 3.8) is 0 Å². The van der Waals surface area contributed by atoms with Gasteiger partial charge in [0.2, 0.25) is 0 Å². The van der Waals surface area contributed by atoms with Crippen molar-refractivity contribution in [2.75, 3.05) is 0 Å². The van der Waals surface area contributed by atoms with Crippen LogP contribution < -0.4 is 0 Å². The highest BCUT2D eigenvalue weighted by molar-refractivity contribution is 5.85. The molecule has 0 amide bonds. The maximum atomic E-state index is 11.5. The lowest BCUT2D eigenvalue weighted by Gasteiger charge is -2.14. The van der Waals surface area contributed by atoms with Crippen LogP contribution in [-0.2, 0) is 9.59 Å². The second-order valence-electron chi connectivity index (χ2n) is 5.17. The Morgan fingerprint density at radius 2 is 1.53 bits per heavy atom. The second-order valence-corrected chi connectivity index (χ2v) is 5.17. The Morgan fingerprint density at radius 1 is 1.07 bits per heavy atom. The van der Waals surface area contributed by atoms with Crippen molar-refractivity contribution in [2.24, 2.45) is 11.3 Å². The smallest absolute Gasteiger partial charge is 0.141 e. The summed E-state index contributed by atoms with van der Waals surface area (Å²) in [5, 5.41) is 0. The number of allylic oxidation sites excluding steroid dienone is 2. The van der Waals surface area contributed by atoms with Gasteiger partial charge in [-0.25, -0.2) is 0 Å². The summed E-state index contributed by atoms with van der Waals surface area (Å²) in [6, 6.07) is 0. The molecule has 15 heavy (non-hydrogen) atoms. The Balaban J connectivity index is 3.92. The van der Waals surface area contributed by atoms with Gasteiger partial charge in [-0.3, -0.25) is 9.59 Å². The minimum atomic E-state index is -0.285. The molecule has 0 N–H and O–H groups in total. The van der Waals surface area contributed by atoms with Crippen molar-refractivity contribution >= 4 is 11.6 Å². The van der Waals surface area contributed by atoms with Crippen LogP contribution in [0.25, 0.3) is 0 Å². The Morgan fingerprint density at radius 3 is 1.93 bits per heavy atom. The molecule has 86 valence electrons. The minimum absolute atomic E-state index is 0.0768. The SMILES string of the molecule is CC(C)C(=O)C/C=C/CC(=O)C(C)(C)C. The van der Waals surface area contributed by atoms with E-state index >= 15 is 0 Å². The molecule has 2 nitrogen and oxygen atoms in total. The molecule has 0 spiro atoms. The van der Waals surface area contributed by atoms with E-state index in [1.807, 2.05) is 34.6 Å². The normalized spacial score (nSPS) is 12.4. The molecule has 0 unspecified atom stereocenters. The van der Waals surface area contributed by atoms with E-state index < -0.39 is 0 Å². The highest BCUT2D eigenvalue weighted by atomic mass is 16.1. The fourth-order valence-electron chi connectivity index (χ4n) is 0.932. The molecule has 0 aromatic rings. The van der Waals surface area contributed by atoms with E-state index in [2.05, 4.69) is 0 Å². The second kappa shape index (κ2) is 5.84. The molecule has 0 rings (SSSR count). The van der Waals surface area contributed by atoms with Gasteiger partial charge in [-0.05, 0) is 0 Å². The first-order valence-electron chi connectivity index (χ1n) is 5.46. The average molecular weight is 210 g/mol. The van der Waals surface area contributed by atoms with E-state index in [1.54, 1.807) is 12.2 Å². The van der Waals surface area contributed by atoms with Crippen LogP contribution in [0.2, 0.25) is 0 Å². The third-order valence-electron chi connectivity index (χ3n) is 2.27. The lowest BCUT2D eigenvalue weighted by molar-refractivity contribution is -0.125. The van der Waals surface area contributed by atoms with Gasteiger partial charge >= 0.3 is 0 Å². The number of hydrogen-bond acceptors (Lipinski definition) is 2. The maximum Gasteiger partial charge on any atom is 0.141 e. The van der Waals surface area contributed by atoms with Gasteiger partial charge in [-0.1, -0.05) is 46.8 Å². The predicted octanol–water partition coefficient (Wildman–Crippen LogP) is 3.16. The first kappa shape index (κ1) is 14.1. The molecule has 0 aromatic heterocycles. The van der Waals surface area contributed by atoms with Crippen molar-refractivity contribution in [3.8, 4) is 0 Å². The Hall–Kier alpha value is -0.920. The van der Waals surface area contributed by atoms with Crippen LogP contribution in [0.5, 0.6) is 0 Å². The van der Waals surface area contributed by atoms with Gasteiger partial charge in [-0.15, -0.1) is 0 Å². The molecule has 0 aromatic carbocycles. The van der Waals surface area contributed by atoms with Crippen LogP contribution in [0.3, 0.4) is 0 Å². The fourth-order valence-corrected chi connectivity index (χ4v) is 0.932. The van der Waals surface area contributed by atoms with Crippen molar-refractivity contribution in [1.29, 1.82) is 0 Å². The van der Waals surface area contributed by atoms with Gasteiger partial charge in [0.1, 0.15) is 11.6 Å². The van der Waals surface area contributed by atoms with E-state index in [-0.39, 0.29) is 22.9 Å². The van der Waals surface area contributed by atoms with Gasteiger partial charge in [0.15, 0.2) is 0 Å². The molecule has 0 aliphatic rings. The van der Waals surface area contributed by atoms with E-state index in [9.17, 15) is 9.59 Å². The summed E-state index contributed by atoms with van der Waals surface area (Å²) in [6.07, 6.45) is 4.46.